The summed E-state index contributed by atoms with van der Waals surface area (Å²) >= 11 is 1.40. The van der Waals surface area contributed by atoms with Gasteiger partial charge in [0.1, 0.15) is 5.01 Å². The number of aromatic nitrogens is 1. The Morgan fingerprint density at radius 1 is 1.39 bits per heavy atom. The Kier molecular flexibility index (Phi) is 3.79. The zero-order valence-corrected chi connectivity index (χ0v) is 11.6. The van der Waals surface area contributed by atoms with E-state index in [9.17, 15) is 8.42 Å². The van der Waals surface area contributed by atoms with Crippen LogP contribution in [0.15, 0.2) is 34.7 Å². The zero-order chi connectivity index (χ0) is 13.2. The number of benzene rings is 1. The molecule has 0 radical (unpaired) electrons. The van der Waals surface area contributed by atoms with Crippen LogP contribution in [0.4, 0.5) is 0 Å². The maximum absolute atomic E-state index is 11.6. The molecule has 0 spiro atoms. The molecular formula is C12H14N2O2S2. The molecule has 2 rings (SSSR count). The van der Waals surface area contributed by atoms with E-state index >= 15 is 0 Å². The Balaban J connectivity index is 2.61. The third-order valence-corrected chi connectivity index (χ3v) is 4.33. The summed E-state index contributed by atoms with van der Waals surface area (Å²) in [6, 6.07) is 5.24. The number of hydrogen-bond donors (Lipinski definition) is 1. The molecule has 96 valence electrons. The first-order valence-corrected chi connectivity index (χ1v) is 8.00. The number of aryl methyl sites for hydroxylation is 1. The van der Waals surface area contributed by atoms with E-state index in [0.29, 0.717) is 10.6 Å². The Labute approximate surface area is 111 Å². The summed E-state index contributed by atoms with van der Waals surface area (Å²) in [5, 5.41) is 7.73. The lowest BCUT2D eigenvalue weighted by molar-refractivity contribution is 0.598. The Morgan fingerprint density at radius 2 is 2.17 bits per heavy atom. The van der Waals surface area contributed by atoms with Crippen LogP contribution < -0.4 is 5.14 Å². The van der Waals surface area contributed by atoms with Crippen molar-refractivity contribution in [3.05, 3.63) is 35.3 Å². The van der Waals surface area contributed by atoms with Crippen LogP contribution in [0, 0.1) is 0 Å². The molecule has 0 unspecified atom stereocenters. The van der Waals surface area contributed by atoms with Crippen LogP contribution >= 0.6 is 11.3 Å². The quantitative estimate of drug-likeness (QED) is 0.936. The number of hydrogen-bond acceptors (Lipinski definition) is 4. The average molecular weight is 282 g/mol. The predicted octanol–water partition coefficient (Wildman–Crippen LogP) is 2.41. The first-order valence-electron chi connectivity index (χ1n) is 5.58. The predicted molar refractivity (Wildman–Crippen MR) is 72.9 cm³/mol. The fourth-order valence-corrected chi connectivity index (χ4v) is 3.25. The minimum atomic E-state index is -3.72. The highest BCUT2D eigenvalue weighted by molar-refractivity contribution is 7.89. The highest BCUT2D eigenvalue weighted by Crippen LogP contribution is 2.29. The van der Waals surface area contributed by atoms with Crippen molar-refractivity contribution in [3.8, 4) is 10.6 Å². The van der Waals surface area contributed by atoms with E-state index in [0.717, 1.165) is 18.4 Å². The van der Waals surface area contributed by atoms with Gasteiger partial charge in [-0.1, -0.05) is 19.4 Å². The van der Waals surface area contributed by atoms with Gasteiger partial charge in [-0.25, -0.2) is 18.5 Å². The summed E-state index contributed by atoms with van der Waals surface area (Å²) in [4.78, 5) is 4.30. The number of sulfonamides is 1. The van der Waals surface area contributed by atoms with Gasteiger partial charge in [0.25, 0.3) is 0 Å². The van der Waals surface area contributed by atoms with Gasteiger partial charge in [0, 0.05) is 17.1 Å². The van der Waals surface area contributed by atoms with Gasteiger partial charge in [-0.3, -0.25) is 0 Å². The minimum Gasteiger partial charge on any atom is -0.245 e. The number of primary sulfonamides is 1. The molecule has 1 aromatic heterocycles. The van der Waals surface area contributed by atoms with Crippen molar-refractivity contribution in [1.82, 2.24) is 4.98 Å². The third-order valence-electron chi connectivity index (χ3n) is 2.55. The number of thiazole rings is 1. The number of nitrogens with two attached hydrogens (primary N) is 1. The lowest BCUT2D eigenvalue weighted by Gasteiger charge is -2.08. The SMILES string of the molecule is CCCc1ccc(S(N)(=O)=O)c(-c2nccs2)c1. The molecule has 0 fully saturated rings. The molecule has 0 bridgehead atoms. The Hall–Kier alpha value is -1.24. The van der Waals surface area contributed by atoms with Crippen LogP contribution in [0.25, 0.3) is 10.6 Å². The average Bonchev–Trinajstić information content (AvgIpc) is 2.81. The molecule has 0 saturated carbocycles. The number of nitrogens with zero attached hydrogens (tertiary/aromatic N) is 1. The second-order valence-corrected chi connectivity index (χ2v) is 6.39. The molecule has 18 heavy (non-hydrogen) atoms. The van der Waals surface area contributed by atoms with Crippen molar-refractivity contribution in [2.45, 2.75) is 24.7 Å². The van der Waals surface area contributed by atoms with E-state index in [1.165, 1.54) is 11.3 Å². The normalized spacial score (nSPS) is 11.7. The lowest BCUT2D eigenvalue weighted by atomic mass is 10.1. The number of rotatable bonds is 4. The summed E-state index contributed by atoms with van der Waals surface area (Å²) < 4.78 is 23.1. The second-order valence-electron chi connectivity index (χ2n) is 3.96. The van der Waals surface area contributed by atoms with Crippen molar-refractivity contribution < 1.29 is 8.42 Å². The molecule has 0 aliphatic heterocycles. The topological polar surface area (TPSA) is 73.1 Å². The second kappa shape index (κ2) is 5.17. The maximum Gasteiger partial charge on any atom is 0.238 e. The van der Waals surface area contributed by atoms with Crippen LogP contribution in [0.3, 0.4) is 0 Å². The molecule has 1 heterocycles. The van der Waals surface area contributed by atoms with E-state index in [1.54, 1.807) is 18.3 Å². The minimum absolute atomic E-state index is 0.136. The molecule has 0 aliphatic rings. The molecule has 2 aromatic rings. The smallest absolute Gasteiger partial charge is 0.238 e. The molecule has 4 nitrogen and oxygen atoms in total. The van der Waals surface area contributed by atoms with Crippen molar-refractivity contribution in [3.63, 3.8) is 0 Å². The molecule has 0 amide bonds. The van der Waals surface area contributed by atoms with E-state index in [4.69, 9.17) is 5.14 Å². The van der Waals surface area contributed by atoms with E-state index in [2.05, 4.69) is 11.9 Å². The summed E-state index contributed by atoms with van der Waals surface area (Å²) in [7, 11) is -3.72. The molecule has 6 heteroatoms. The van der Waals surface area contributed by atoms with Gasteiger partial charge in [-0.2, -0.15) is 0 Å². The van der Waals surface area contributed by atoms with Crippen molar-refractivity contribution >= 4 is 21.4 Å². The highest BCUT2D eigenvalue weighted by Gasteiger charge is 2.17. The van der Waals surface area contributed by atoms with Gasteiger partial charge < -0.3 is 0 Å². The van der Waals surface area contributed by atoms with E-state index < -0.39 is 10.0 Å². The van der Waals surface area contributed by atoms with Gasteiger partial charge >= 0.3 is 0 Å². The zero-order valence-electron chi connectivity index (χ0n) is 9.96. The van der Waals surface area contributed by atoms with Crippen LogP contribution in [0.2, 0.25) is 0 Å². The van der Waals surface area contributed by atoms with Crippen LogP contribution in [-0.4, -0.2) is 13.4 Å². The lowest BCUT2D eigenvalue weighted by Crippen LogP contribution is -2.13. The highest BCUT2D eigenvalue weighted by atomic mass is 32.2. The van der Waals surface area contributed by atoms with Gasteiger partial charge in [0.05, 0.1) is 4.90 Å². The third kappa shape index (κ3) is 2.77. The van der Waals surface area contributed by atoms with Gasteiger partial charge in [-0.15, -0.1) is 11.3 Å². The van der Waals surface area contributed by atoms with Crippen molar-refractivity contribution in [2.24, 2.45) is 5.14 Å². The van der Waals surface area contributed by atoms with Crippen molar-refractivity contribution in [2.75, 3.05) is 0 Å². The van der Waals surface area contributed by atoms with Crippen molar-refractivity contribution in [1.29, 1.82) is 0 Å². The van der Waals surface area contributed by atoms with Crippen LogP contribution in [0.1, 0.15) is 18.9 Å². The molecular weight excluding hydrogens is 268 g/mol. The van der Waals surface area contributed by atoms with Gasteiger partial charge in [0.2, 0.25) is 10.0 Å². The van der Waals surface area contributed by atoms with Gasteiger partial charge in [0.15, 0.2) is 0 Å². The Bertz CT molecular complexity index is 634. The van der Waals surface area contributed by atoms with Crippen LogP contribution in [0.5, 0.6) is 0 Å². The fraction of sp³-hybridized carbons (Fsp3) is 0.250. The summed E-state index contributed by atoms with van der Waals surface area (Å²) in [6.45, 7) is 2.08. The monoisotopic (exact) mass is 282 g/mol. The first-order chi connectivity index (χ1) is 8.52. The molecule has 2 N–H and O–H groups in total. The molecule has 1 aromatic carbocycles. The first kappa shape index (κ1) is 13.2. The summed E-state index contributed by atoms with van der Waals surface area (Å²) in [5.41, 5.74) is 1.69. The molecule has 0 aliphatic carbocycles. The molecule has 0 atom stereocenters. The van der Waals surface area contributed by atoms with E-state index in [1.807, 2.05) is 11.4 Å². The maximum atomic E-state index is 11.6. The summed E-state index contributed by atoms with van der Waals surface area (Å²) in [5.74, 6) is 0. The molecule has 0 saturated heterocycles. The largest absolute Gasteiger partial charge is 0.245 e. The summed E-state index contributed by atoms with van der Waals surface area (Å²) in [6.07, 6.45) is 3.56. The Morgan fingerprint density at radius 3 is 2.72 bits per heavy atom. The van der Waals surface area contributed by atoms with Crippen LogP contribution in [-0.2, 0) is 16.4 Å². The fourth-order valence-electron chi connectivity index (χ4n) is 1.79. The van der Waals surface area contributed by atoms with E-state index in [-0.39, 0.29) is 4.90 Å². The standard InChI is InChI=1S/C12H14N2O2S2/c1-2-3-9-4-5-11(18(13,15)16)10(8-9)12-14-6-7-17-12/h4-8H,2-3H2,1H3,(H2,13,15,16). The van der Waals surface area contributed by atoms with Gasteiger partial charge in [-0.05, 0) is 24.1 Å².